The molecule has 0 bridgehead atoms. The molecule has 0 spiro atoms. The van der Waals surface area contributed by atoms with Gasteiger partial charge in [0.15, 0.2) is 0 Å². The van der Waals surface area contributed by atoms with Crippen LogP contribution in [0.5, 0.6) is 0 Å². The van der Waals surface area contributed by atoms with Crippen molar-refractivity contribution in [1.82, 2.24) is 0 Å². The largest absolute Gasteiger partial charge is 0.310 e. The first-order valence-corrected chi connectivity index (χ1v) is 16.7. The Hall–Kier alpha value is -5.40. The molecular weight excluding hydrogens is 567 g/mol. The highest BCUT2D eigenvalue weighted by molar-refractivity contribution is 6.10. The molecule has 0 aliphatic heterocycles. The molecule has 0 saturated heterocycles. The lowest BCUT2D eigenvalue weighted by Crippen LogP contribution is -2.18. The van der Waals surface area contributed by atoms with Gasteiger partial charge in [-0.15, -0.1) is 0 Å². The zero-order valence-electron chi connectivity index (χ0n) is 27.4. The normalized spacial score (nSPS) is 14.7. The summed E-state index contributed by atoms with van der Waals surface area (Å²) in [7, 11) is 0. The monoisotopic (exact) mass is 603 g/mol. The Morgan fingerprint density at radius 2 is 0.915 bits per heavy atom. The Bertz CT molecular complexity index is 2340. The number of benzene rings is 7. The Morgan fingerprint density at radius 3 is 1.66 bits per heavy atom. The Labute approximate surface area is 277 Å². The number of anilines is 3. The van der Waals surface area contributed by atoms with E-state index in [4.69, 9.17) is 0 Å². The minimum Gasteiger partial charge on any atom is -0.310 e. The van der Waals surface area contributed by atoms with Gasteiger partial charge in [-0.25, -0.2) is 0 Å². The summed E-state index contributed by atoms with van der Waals surface area (Å²) in [6, 6.07) is 56.2. The standard InChI is InChI=1S/C46H37N/c1-45(2)39-20-12-10-16-34(39)35-27-26-33(28-41(35)45)47(32-24-22-31(23-25-32)30-14-6-5-7-15-30)43-29-42-44(37-18-9-8-17-36(37)43)38-19-11-13-21-40(38)46(42,3)4/h5-29H,1-4H3. The third-order valence-electron chi connectivity index (χ3n) is 10.9. The third-order valence-corrected chi connectivity index (χ3v) is 10.9. The highest BCUT2D eigenvalue weighted by Crippen LogP contribution is 2.55. The van der Waals surface area contributed by atoms with Crippen molar-refractivity contribution in [3.8, 4) is 33.4 Å². The van der Waals surface area contributed by atoms with E-state index in [0.29, 0.717) is 0 Å². The van der Waals surface area contributed by atoms with E-state index in [9.17, 15) is 0 Å². The van der Waals surface area contributed by atoms with Crippen LogP contribution in [0.25, 0.3) is 44.2 Å². The minimum absolute atomic E-state index is 0.0889. The maximum atomic E-state index is 2.50. The van der Waals surface area contributed by atoms with Gasteiger partial charge in [0.25, 0.3) is 0 Å². The topological polar surface area (TPSA) is 3.24 Å². The average molecular weight is 604 g/mol. The van der Waals surface area contributed by atoms with Gasteiger partial charge in [-0.2, -0.15) is 0 Å². The molecule has 47 heavy (non-hydrogen) atoms. The predicted molar refractivity (Wildman–Crippen MR) is 199 cm³/mol. The van der Waals surface area contributed by atoms with Crippen LogP contribution in [0.2, 0.25) is 0 Å². The van der Waals surface area contributed by atoms with Crippen LogP contribution in [0, 0.1) is 0 Å². The quantitative estimate of drug-likeness (QED) is 0.193. The molecule has 0 heterocycles. The number of hydrogen-bond donors (Lipinski definition) is 0. The molecular formula is C46H37N. The van der Waals surface area contributed by atoms with Gasteiger partial charge in [-0.3, -0.25) is 0 Å². The smallest absolute Gasteiger partial charge is 0.0543 e. The molecule has 7 aromatic rings. The van der Waals surface area contributed by atoms with Gasteiger partial charge in [0.2, 0.25) is 0 Å². The lowest BCUT2D eigenvalue weighted by atomic mass is 9.81. The molecule has 0 fully saturated rings. The summed E-state index contributed by atoms with van der Waals surface area (Å²) in [6.07, 6.45) is 0. The van der Waals surface area contributed by atoms with Crippen LogP contribution in [-0.4, -0.2) is 0 Å². The van der Waals surface area contributed by atoms with E-state index in [1.54, 1.807) is 0 Å². The van der Waals surface area contributed by atoms with E-state index in [1.807, 2.05) is 0 Å². The van der Waals surface area contributed by atoms with Gasteiger partial charge in [0.1, 0.15) is 0 Å². The molecule has 9 rings (SSSR count). The second kappa shape index (κ2) is 10.0. The number of fused-ring (bicyclic) bond motifs is 8. The van der Waals surface area contributed by atoms with Gasteiger partial charge >= 0.3 is 0 Å². The second-order valence-electron chi connectivity index (χ2n) is 14.2. The number of nitrogens with zero attached hydrogens (tertiary/aromatic N) is 1. The molecule has 0 amide bonds. The van der Waals surface area contributed by atoms with Crippen molar-refractivity contribution in [3.05, 3.63) is 174 Å². The van der Waals surface area contributed by atoms with Crippen LogP contribution in [-0.2, 0) is 10.8 Å². The summed E-state index contributed by atoms with van der Waals surface area (Å²) in [4.78, 5) is 2.50. The lowest BCUT2D eigenvalue weighted by molar-refractivity contribution is 0.660. The van der Waals surface area contributed by atoms with E-state index in [-0.39, 0.29) is 10.8 Å². The molecule has 2 aliphatic carbocycles. The average Bonchev–Trinajstić information content (AvgIpc) is 3.48. The van der Waals surface area contributed by atoms with Crippen LogP contribution in [0.1, 0.15) is 49.9 Å². The van der Waals surface area contributed by atoms with Crippen LogP contribution in [0.4, 0.5) is 17.1 Å². The first-order valence-electron chi connectivity index (χ1n) is 16.7. The second-order valence-corrected chi connectivity index (χ2v) is 14.2. The maximum Gasteiger partial charge on any atom is 0.0543 e. The summed E-state index contributed by atoms with van der Waals surface area (Å²) in [5.74, 6) is 0. The fourth-order valence-electron chi connectivity index (χ4n) is 8.41. The van der Waals surface area contributed by atoms with Crippen LogP contribution < -0.4 is 4.90 Å². The Balaban J connectivity index is 1.30. The van der Waals surface area contributed by atoms with E-state index < -0.39 is 0 Å². The fourth-order valence-corrected chi connectivity index (χ4v) is 8.41. The summed E-state index contributed by atoms with van der Waals surface area (Å²) in [5.41, 5.74) is 16.7. The zero-order valence-corrected chi connectivity index (χ0v) is 27.4. The molecule has 226 valence electrons. The molecule has 7 aromatic carbocycles. The Morgan fingerprint density at radius 1 is 0.383 bits per heavy atom. The summed E-state index contributed by atoms with van der Waals surface area (Å²) in [5, 5.41) is 2.56. The van der Waals surface area contributed by atoms with Crippen LogP contribution in [0.15, 0.2) is 152 Å². The van der Waals surface area contributed by atoms with Gasteiger partial charge in [-0.1, -0.05) is 149 Å². The van der Waals surface area contributed by atoms with E-state index in [0.717, 1.165) is 5.69 Å². The van der Waals surface area contributed by atoms with Crippen molar-refractivity contribution < 1.29 is 0 Å². The molecule has 0 N–H and O–H groups in total. The lowest BCUT2D eigenvalue weighted by Gasteiger charge is -2.31. The molecule has 0 atom stereocenters. The number of hydrogen-bond acceptors (Lipinski definition) is 1. The molecule has 0 unspecified atom stereocenters. The first-order chi connectivity index (χ1) is 22.8. The molecule has 1 nitrogen and oxygen atoms in total. The third kappa shape index (κ3) is 4.02. The number of rotatable bonds is 4. The van der Waals surface area contributed by atoms with Crippen molar-refractivity contribution in [3.63, 3.8) is 0 Å². The van der Waals surface area contributed by atoms with E-state index in [2.05, 4.69) is 184 Å². The Kier molecular flexibility index (Phi) is 5.96. The molecule has 0 aromatic heterocycles. The van der Waals surface area contributed by atoms with Crippen molar-refractivity contribution in [2.45, 2.75) is 38.5 Å². The molecule has 0 saturated carbocycles. The van der Waals surface area contributed by atoms with Gasteiger partial charge in [-0.05, 0) is 91.4 Å². The van der Waals surface area contributed by atoms with Crippen molar-refractivity contribution >= 4 is 27.8 Å². The SMILES string of the molecule is CC1(C)c2ccccc2-c2ccc(N(c3ccc(-c4ccccc4)cc3)c3cc4c(c5ccccc35)-c3ccccc3C4(C)C)cc21. The predicted octanol–water partition coefficient (Wildman–Crippen LogP) is 12.6. The molecule has 1 heteroatoms. The summed E-state index contributed by atoms with van der Waals surface area (Å²) < 4.78 is 0. The van der Waals surface area contributed by atoms with E-state index in [1.165, 1.54) is 77.8 Å². The minimum atomic E-state index is -0.116. The van der Waals surface area contributed by atoms with Gasteiger partial charge in [0.05, 0.1) is 5.69 Å². The van der Waals surface area contributed by atoms with Gasteiger partial charge < -0.3 is 4.90 Å². The van der Waals surface area contributed by atoms with Crippen molar-refractivity contribution in [2.24, 2.45) is 0 Å². The summed E-state index contributed by atoms with van der Waals surface area (Å²) >= 11 is 0. The van der Waals surface area contributed by atoms with Crippen molar-refractivity contribution in [1.29, 1.82) is 0 Å². The molecule has 0 radical (unpaired) electrons. The fraction of sp³-hybridized carbons (Fsp3) is 0.130. The van der Waals surface area contributed by atoms with Crippen LogP contribution in [0.3, 0.4) is 0 Å². The zero-order chi connectivity index (χ0) is 31.9. The highest BCUT2D eigenvalue weighted by Gasteiger charge is 2.39. The highest BCUT2D eigenvalue weighted by atomic mass is 15.1. The van der Waals surface area contributed by atoms with E-state index >= 15 is 0 Å². The van der Waals surface area contributed by atoms with Crippen LogP contribution >= 0.6 is 0 Å². The van der Waals surface area contributed by atoms with Crippen molar-refractivity contribution in [2.75, 3.05) is 4.90 Å². The maximum absolute atomic E-state index is 2.50. The summed E-state index contributed by atoms with van der Waals surface area (Å²) in [6.45, 7) is 9.49. The first kappa shape index (κ1) is 27.9. The molecule has 2 aliphatic rings. The van der Waals surface area contributed by atoms with Gasteiger partial charge in [0, 0.05) is 27.6 Å².